The zero-order chi connectivity index (χ0) is 21.3. The Hall–Kier alpha value is -2.45. The van der Waals surface area contributed by atoms with E-state index in [9.17, 15) is 17.6 Å². The number of halogens is 1. The summed E-state index contributed by atoms with van der Waals surface area (Å²) < 4.78 is 46.6. The summed E-state index contributed by atoms with van der Waals surface area (Å²) in [7, 11) is -2.28. The number of nitrogens with one attached hydrogen (secondary N) is 1. The fraction of sp³-hybridized carbons (Fsp3) is 0.381. The van der Waals surface area contributed by atoms with Gasteiger partial charge in [-0.3, -0.25) is 4.79 Å². The number of aliphatic carboxylic acids is 1. The third kappa shape index (κ3) is 7.47. The largest absolute Gasteiger partial charge is 0.497 e. The molecule has 2 rings (SSSR count). The SMILES string of the molecule is COc1ccc(S(=O)(=O)NC(CCCCCCC(=O)O)c2ccc(F)cc2)cc1. The Morgan fingerprint density at radius 3 is 2.24 bits per heavy atom. The number of carboxylic acid groups (broad SMARTS) is 1. The van der Waals surface area contributed by atoms with E-state index in [0.29, 0.717) is 30.6 Å². The van der Waals surface area contributed by atoms with E-state index in [0.717, 1.165) is 12.8 Å². The van der Waals surface area contributed by atoms with Crippen LogP contribution >= 0.6 is 0 Å². The molecule has 0 saturated carbocycles. The van der Waals surface area contributed by atoms with Gasteiger partial charge in [0.15, 0.2) is 0 Å². The average molecular weight is 424 g/mol. The standard InChI is InChI=1S/C21H26FNO5S/c1-28-18-12-14-19(15-13-18)29(26,27)23-20(16-8-10-17(22)11-9-16)6-4-2-3-5-7-21(24)25/h8-15,20,23H,2-7H2,1H3,(H,24,25). The molecule has 0 aliphatic heterocycles. The molecule has 0 bridgehead atoms. The summed E-state index contributed by atoms with van der Waals surface area (Å²) in [5.74, 6) is -0.652. The number of methoxy groups -OCH3 is 1. The molecule has 0 fully saturated rings. The van der Waals surface area contributed by atoms with E-state index in [4.69, 9.17) is 9.84 Å². The fourth-order valence-electron chi connectivity index (χ4n) is 2.98. The van der Waals surface area contributed by atoms with Gasteiger partial charge >= 0.3 is 5.97 Å². The molecule has 0 saturated heterocycles. The summed E-state index contributed by atoms with van der Waals surface area (Å²) in [5, 5.41) is 8.68. The second-order valence-electron chi connectivity index (χ2n) is 6.75. The van der Waals surface area contributed by atoms with Gasteiger partial charge in [-0.2, -0.15) is 0 Å². The molecular formula is C21H26FNO5S. The van der Waals surface area contributed by atoms with E-state index in [1.165, 1.54) is 31.4 Å². The molecule has 29 heavy (non-hydrogen) atoms. The summed E-state index contributed by atoms with van der Waals surface area (Å²) in [6, 6.07) is 11.3. The number of ether oxygens (including phenoxy) is 1. The van der Waals surface area contributed by atoms with Crippen molar-refractivity contribution in [2.24, 2.45) is 0 Å². The minimum Gasteiger partial charge on any atom is -0.497 e. The zero-order valence-electron chi connectivity index (χ0n) is 16.3. The summed E-state index contributed by atoms with van der Waals surface area (Å²) in [5.41, 5.74) is 0.675. The molecule has 2 aromatic rings. The molecule has 0 aliphatic carbocycles. The first-order valence-electron chi connectivity index (χ1n) is 9.45. The van der Waals surface area contributed by atoms with E-state index in [1.807, 2.05) is 0 Å². The molecular weight excluding hydrogens is 397 g/mol. The van der Waals surface area contributed by atoms with Gasteiger partial charge in [-0.1, -0.05) is 31.4 Å². The van der Waals surface area contributed by atoms with Crippen LogP contribution in [0, 0.1) is 5.82 Å². The molecule has 0 radical (unpaired) electrons. The van der Waals surface area contributed by atoms with E-state index in [2.05, 4.69) is 4.72 Å². The van der Waals surface area contributed by atoms with Crippen LogP contribution in [0.5, 0.6) is 5.75 Å². The monoisotopic (exact) mass is 423 g/mol. The molecule has 0 amide bonds. The molecule has 0 heterocycles. The number of benzene rings is 2. The third-order valence-corrected chi connectivity index (χ3v) is 6.06. The molecule has 2 aromatic carbocycles. The van der Waals surface area contributed by atoms with Gasteiger partial charge < -0.3 is 9.84 Å². The summed E-state index contributed by atoms with van der Waals surface area (Å²) >= 11 is 0. The number of carboxylic acids is 1. The van der Waals surface area contributed by atoms with Crippen LogP contribution in [0.25, 0.3) is 0 Å². The maximum atomic E-state index is 13.3. The van der Waals surface area contributed by atoms with Crippen molar-refractivity contribution in [1.29, 1.82) is 0 Å². The van der Waals surface area contributed by atoms with Gasteiger partial charge in [-0.25, -0.2) is 17.5 Å². The van der Waals surface area contributed by atoms with Crippen LogP contribution in [0.2, 0.25) is 0 Å². The van der Waals surface area contributed by atoms with Crippen molar-refractivity contribution in [1.82, 2.24) is 4.72 Å². The van der Waals surface area contributed by atoms with Crippen LogP contribution in [-0.2, 0) is 14.8 Å². The lowest BCUT2D eigenvalue weighted by Crippen LogP contribution is -2.28. The van der Waals surface area contributed by atoms with Crippen LogP contribution in [0.15, 0.2) is 53.4 Å². The maximum Gasteiger partial charge on any atom is 0.303 e. The van der Waals surface area contributed by atoms with Crippen molar-refractivity contribution in [2.75, 3.05) is 7.11 Å². The van der Waals surface area contributed by atoms with Gasteiger partial charge in [0.2, 0.25) is 10.0 Å². The lowest BCUT2D eigenvalue weighted by atomic mass is 10.0. The number of rotatable bonds is 12. The Morgan fingerprint density at radius 1 is 1.03 bits per heavy atom. The Morgan fingerprint density at radius 2 is 1.66 bits per heavy atom. The number of unbranched alkanes of at least 4 members (excludes halogenated alkanes) is 3. The van der Waals surface area contributed by atoms with Crippen molar-refractivity contribution in [3.05, 3.63) is 59.9 Å². The van der Waals surface area contributed by atoms with Gasteiger partial charge in [0.25, 0.3) is 0 Å². The van der Waals surface area contributed by atoms with Crippen molar-refractivity contribution in [3.8, 4) is 5.75 Å². The van der Waals surface area contributed by atoms with Crippen molar-refractivity contribution in [3.63, 3.8) is 0 Å². The Bertz CT molecular complexity index is 882. The lowest BCUT2D eigenvalue weighted by Gasteiger charge is -2.19. The summed E-state index contributed by atoms with van der Waals surface area (Å²) in [6.45, 7) is 0. The summed E-state index contributed by atoms with van der Waals surface area (Å²) in [6.07, 6.45) is 3.50. The normalized spacial score (nSPS) is 12.5. The second-order valence-corrected chi connectivity index (χ2v) is 8.46. The maximum absolute atomic E-state index is 13.3. The number of sulfonamides is 1. The Balaban J connectivity index is 2.07. The van der Waals surface area contributed by atoms with Crippen molar-refractivity contribution < 1.29 is 27.4 Å². The molecule has 2 N–H and O–H groups in total. The van der Waals surface area contributed by atoms with E-state index >= 15 is 0 Å². The molecule has 1 atom stereocenters. The molecule has 0 aromatic heterocycles. The molecule has 1 unspecified atom stereocenters. The first-order valence-corrected chi connectivity index (χ1v) is 10.9. The highest BCUT2D eigenvalue weighted by Crippen LogP contribution is 2.24. The van der Waals surface area contributed by atoms with Gasteiger partial charge in [0.05, 0.1) is 12.0 Å². The number of hydrogen-bond donors (Lipinski definition) is 2. The van der Waals surface area contributed by atoms with Crippen LogP contribution in [0.3, 0.4) is 0 Å². The molecule has 6 nitrogen and oxygen atoms in total. The minimum atomic E-state index is -3.78. The third-order valence-electron chi connectivity index (χ3n) is 4.57. The molecule has 0 aliphatic rings. The van der Waals surface area contributed by atoms with Gasteiger partial charge in [-0.15, -0.1) is 0 Å². The highest BCUT2D eigenvalue weighted by atomic mass is 32.2. The van der Waals surface area contributed by atoms with Crippen LogP contribution in [0.1, 0.15) is 50.1 Å². The predicted molar refractivity (Wildman–Crippen MR) is 108 cm³/mol. The first-order chi connectivity index (χ1) is 13.8. The van der Waals surface area contributed by atoms with Gasteiger partial charge in [0, 0.05) is 12.5 Å². The number of hydrogen-bond acceptors (Lipinski definition) is 4. The van der Waals surface area contributed by atoms with Gasteiger partial charge in [0.1, 0.15) is 11.6 Å². The highest BCUT2D eigenvalue weighted by Gasteiger charge is 2.21. The van der Waals surface area contributed by atoms with Crippen molar-refractivity contribution >= 4 is 16.0 Å². The summed E-state index contributed by atoms with van der Waals surface area (Å²) in [4.78, 5) is 10.7. The topological polar surface area (TPSA) is 92.7 Å². The minimum absolute atomic E-state index is 0.117. The lowest BCUT2D eigenvalue weighted by molar-refractivity contribution is -0.137. The molecule has 8 heteroatoms. The van der Waals surface area contributed by atoms with E-state index in [1.54, 1.807) is 24.3 Å². The highest BCUT2D eigenvalue weighted by molar-refractivity contribution is 7.89. The Labute approximate surface area is 170 Å². The van der Waals surface area contributed by atoms with Crippen molar-refractivity contribution in [2.45, 2.75) is 49.5 Å². The molecule has 158 valence electrons. The fourth-order valence-corrected chi connectivity index (χ4v) is 4.24. The van der Waals surface area contributed by atoms with Crippen LogP contribution in [-0.4, -0.2) is 26.6 Å². The van der Waals surface area contributed by atoms with E-state index < -0.39 is 22.0 Å². The van der Waals surface area contributed by atoms with Gasteiger partial charge in [-0.05, 0) is 54.8 Å². The first kappa shape index (κ1) is 22.8. The number of carbonyl (C=O) groups is 1. The zero-order valence-corrected chi connectivity index (χ0v) is 17.1. The van der Waals surface area contributed by atoms with Crippen LogP contribution in [0.4, 0.5) is 4.39 Å². The predicted octanol–water partition coefficient (Wildman–Crippen LogP) is 4.28. The second kappa shape index (κ2) is 10.9. The molecule has 0 spiro atoms. The average Bonchev–Trinajstić information content (AvgIpc) is 2.70. The van der Waals surface area contributed by atoms with E-state index in [-0.39, 0.29) is 17.1 Å². The van der Waals surface area contributed by atoms with Crippen LogP contribution < -0.4 is 9.46 Å². The quantitative estimate of drug-likeness (QED) is 0.497. The Kier molecular flexibility index (Phi) is 8.60. The smallest absolute Gasteiger partial charge is 0.303 e.